The molecule has 0 atom stereocenters. The fraction of sp³-hybridized carbons (Fsp3) is 0.500. The molecule has 0 fully saturated rings. The Balaban J connectivity index is 2.46. The monoisotopic (exact) mass is 192 g/mol. The molecular formula is C12H18NO. The molecule has 1 rings (SSSR count). The van der Waals surface area contributed by atoms with Gasteiger partial charge in [-0.2, -0.15) is 0 Å². The number of hydrogen-bond acceptors (Lipinski definition) is 2. The van der Waals surface area contributed by atoms with Crippen molar-refractivity contribution in [1.82, 2.24) is 5.32 Å². The Labute approximate surface area is 86.0 Å². The molecule has 0 aliphatic heterocycles. The number of aryl methyl sites for hydroxylation is 1. The molecular weight excluding hydrogens is 174 g/mol. The minimum absolute atomic E-state index is 0.396. The molecule has 0 aromatic heterocycles. The van der Waals surface area contributed by atoms with E-state index in [-0.39, 0.29) is 0 Å². The molecule has 0 aliphatic rings. The van der Waals surface area contributed by atoms with Gasteiger partial charge in [0.25, 0.3) is 0 Å². The molecule has 0 amide bonds. The Morgan fingerprint density at radius 1 is 1.43 bits per heavy atom. The van der Waals surface area contributed by atoms with Gasteiger partial charge in [0.2, 0.25) is 0 Å². The Morgan fingerprint density at radius 2 is 2.21 bits per heavy atom. The van der Waals surface area contributed by atoms with Gasteiger partial charge in [-0.1, -0.05) is 13.3 Å². The first-order valence-corrected chi connectivity index (χ1v) is 5.15. The van der Waals surface area contributed by atoms with Crippen molar-refractivity contribution >= 4 is 0 Å². The molecule has 0 spiro atoms. The van der Waals surface area contributed by atoms with Gasteiger partial charge >= 0.3 is 0 Å². The van der Waals surface area contributed by atoms with E-state index in [9.17, 15) is 5.11 Å². The SMILES string of the molecule is CCCCNCc1c[c]cc(C)c1O. The molecule has 0 saturated heterocycles. The zero-order valence-electron chi connectivity index (χ0n) is 8.93. The van der Waals surface area contributed by atoms with Crippen LogP contribution < -0.4 is 5.32 Å². The van der Waals surface area contributed by atoms with E-state index >= 15 is 0 Å². The lowest BCUT2D eigenvalue weighted by molar-refractivity contribution is 0.460. The van der Waals surface area contributed by atoms with E-state index in [2.05, 4.69) is 18.3 Å². The lowest BCUT2D eigenvalue weighted by Crippen LogP contribution is -2.14. The van der Waals surface area contributed by atoms with Crippen LogP contribution in [0.25, 0.3) is 0 Å². The van der Waals surface area contributed by atoms with E-state index in [1.54, 1.807) is 6.07 Å². The van der Waals surface area contributed by atoms with Crippen molar-refractivity contribution in [3.05, 3.63) is 29.3 Å². The number of aromatic hydroxyl groups is 1. The number of phenols is 1. The molecule has 0 heterocycles. The fourth-order valence-electron chi connectivity index (χ4n) is 1.32. The van der Waals surface area contributed by atoms with Gasteiger partial charge in [-0.05, 0) is 43.7 Å². The highest BCUT2D eigenvalue weighted by Crippen LogP contribution is 2.20. The predicted octanol–water partition coefficient (Wildman–Crippen LogP) is 2.39. The molecule has 1 aromatic rings. The number of unbranched alkanes of at least 4 members (excludes halogenated alkanes) is 1. The van der Waals surface area contributed by atoms with Crippen LogP contribution in [0.2, 0.25) is 0 Å². The summed E-state index contributed by atoms with van der Waals surface area (Å²) >= 11 is 0. The number of nitrogens with one attached hydrogen (secondary N) is 1. The van der Waals surface area contributed by atoms with E-state index in [1.807, 2.05) is 13.0 Å². The molecule has 0 saturated carbocycles. The fourth-order valence-corrected chi connectivity index (χ4v) is 1.32. The number of benzene rings is 1. The van der Waals surface area contributed by atoms with Crippen molar-refractivity contribution in [2.75, 3.05) is 6.54 Å². The van der Waals surface area contributed by atoms with Crippen molar-refractivity contribution in [1.29, 1.82) is 0 Å². The average Bonchev–Trinajstić information content (AvgIpc) is 2.19. The number of hydrogen-bond donors (Lipinski definition) is 2. The molecule has 14 heavy (non-hydrogen) atoms. The Bertz CT molecular complexity index is 284. The number of rotatable bonds is 5. The van der Waals surface area contributed by atoms with Gasteiger partial charge in [0, 0.05) is 12.1 Å². The van der Waals surface area contributed by atoms with Crippen LogP contribution in [0.4, 0.5) is 0 Å². The van der Waals surface area contributed by atoms with Crippen molar-refractivity contribution in [2.24, 2.45) is 0 Å². The third-order valence-electron chi connectivity index (χ3n) is 2.26. The minimum atomic E-state index is 0.396. The standard InChI is InChI=1S/C12H18NO/c1-3-4-8-13-9-11-7-5-6-10(2)12(11)14/h6-7,13-14H,3-4,8-9H2,1-2H3. The van der Waals surface area contributed by atoms with Gasteiger partial charge in [-0.25, -0.2) is 0 Å². The van der Waals surface area contributed by atoms with Crippen molar-refractivity contribution in [2.45, 2.75) is 33.2 Å². The summed E-state index contributed by atoms with van der Waals surface area (Å²) in [5.41, 5.74) is 1.82. The van der Waals surface area contributed by atoms with E-state index in [0.717, 1.165) is 24.2 Å². The molecule has 77 valence electrons. The van der Waals surface area contributed by atoms with Crippen molar-refractivity contribution in [3.63, 3.8) is 0 Å². The largest absolute Gasteiger partial charge is 0.507 e. The molecule has 1 radical (unpaired) electrons. The predicted molar refractivity (Wildman–Crippen MR) is 58.3 cm³/mol. The molecule has 0 unspecified atom stereocenters. The quantitative estimate of drug-likeness (QED) is 0.702. The second-order valence-electron chi connectivity index (χ2n) is 3.54. The molecule has 2 heteroatoms. The maximum Gasteiger partial charge on any atom is 0.123 e. The third-order valence-corrected chi connectivity index (χ3v) is 2.26. The highest BCUT2D eigenvalue weighted by atomic mass is 16.3. The summed E-state index contributed by atoms with van der Waals surface area (Å²) in [4.78, 5) is 0. The van der Waals surface area contributed by atoms with Gasteiger partial charge in [0.1, 0.15) is 5.75 Å². The number of phenolic OH excluding ortho intramolecular Hbond substituents is 1. The first kappa shape index (κ1) is 11.1. The minimum Gasteiger partial charge on any atom is -0.507 e. The first-order valence-electron chi connectivity index (χ1n) is 5.15. The smallest absolute Gasteiger partial charge is 0.123 e. The van der Waals surface area contributed by atoms with Crippen LogP contribution in [0.15, 0.2) is 12.1 Å². The summed E-state index contributed by atoms with van der Waals surface area (Å²) in [7, 11) is 0. The summed E-state index contributed by atoms with van der Waals surface area (Å²) in [6, 6.07) is 6.64. The zero-order valence-corrected chi connectivity index (χ0v) is 8.93. The van der Waals surface area contributed by atoms with Crippen molar-refractivity contribution < 1.29 is 5.11 Å². The molecule has 1 aromatic carbocycles. The Hall–Kier alpha value is -1.02. The van der Waals surface area contributed by atoms with Crippen molar-refractivity contribution in [3.8, 4) is 5.75 Å². The topological polar surface area (TPSA) is 32.3 Å². The lowest BCUT2D eigenvalue weighted by Gasteiger charge is -2.07. The van der Waals surface area contributed by atoms with E-state index < -0.39 is 0 Å². The van der Waals surface area contributed by atoms with Gasteiger partial charge < -0.3 is 10.4 Å². The summed E-state index contributed by atoms with van der Waals surface area (Å²) < 4.78 is 0. The van der Waals surface area contributed by atoms with Gasteiger partial charge in [-0.3, -0.25) is 0 Å². The van der Waals surface area contributed by atoms with Crippen LogP contribution in [0, 0.1) is 13.0 Å². The Kier molecular flexibility index (Phi) is 4.47. The third kappa shape index (κ3) is 3.04. The van der Waals surface area contributed by atoms with Crippen LogP contribution in [-0.4, -0.2) is 11.7 Å². The first-order chi connectivity index (χ1) is 6.75. The highest BCUT2D eigenvalue weighted by Gasteiger charge is 2.02. The molecule has 2 nitrogen and oxygen atoms in total. The molecule has 0 bridgehead atoms. The summed E-state index contributed by atoms with van der Waals surface area (Å²) in [6.07, 6.45) is 2.37. The van der Waals surface area contributed by atoms with Gasteiger partial charge in [-0.15, -0.1) is 0 Å². The van der Waals surface area contributed by atoms with Crippen LogP contribution in [-0.2, 0) is 6.54 Å². The maximum atomic E-state index is 9.69. The van der Waals surface area contributed by atoms with Crippen LogP contribution in [0.1, 0.15) is 30.9 Å². The Morgan fingerprint density at radius 3 is 2.93 bits per heavy atom. The van der Waals surface area contributed by atoms with E-state index in [4.69, 9.17) is 0 Å². The molecule has 2 N–H and O–H groups in total. The van der Waals surface area contributed by atoms with Gasteiger partial charge in [0.15, 0.2) is 0 Å². The second-order valence-corrected chi connectivity index (χ2v) is 3.54. The average molecular weight is 192 g/mol. The summed E-state index contributed by atoms with van der Waals surface area (Å²) in [5, 5.41) is 13.0. The van der Waals surface area contributed by atoms with E-state index in [0.29, 0.717) is 5.75 Å². The summed E-state index contributed by atoms with van der Waals surface area (Å²) in [6.45, 7) is 5.79. The van der Waals surface area contributed by atoms with Crippen LogP contribution in [0.3, 0.4) is 0 Å². The lowest BCUT2D eigenvalue weighted by atomic mass is 10.1. The zero-order chi connectivity index (χ0) is 10.4. The van der Waals surface area contributed by atoms with Crippen LogP contribution in [0.5, 0.6) is 5.75 Å². The van der Waals surface area contributed by atoms with E-state index in [1.165, 1.54) is 12.8 Å². The molecule has 0 aliphatic carbocycles. The second kappa shape index (κ2) is 5.66. The van der Waals surface area contributed by atoms with Gasteiger partial charge in [0.05, 0.1) is 0 Å². The normalized spacial score (nSPS) is 10.4. The van der Waals surface area contributed by atoms with Crippen LogP contribution >= 0.6 is 0 Å². The highest BCUT2D eigenvalue weighted by molar-refractivity contribution is 5.38. The summed E-state index contributed by atoms with van der Waals surface area (Å²) in [5.74, 6) is 0.396. The maximum absolute atomic E-state index is 9.69.